The molecule has 0 amide bonds. The number of anilines is 1. The number of ether oxygens (including phenoxy) is 2. The van der Waals surface area contributed by atoms with E-state index in [0.29, 0.717) is 0 Å². The van der Waals surface area contributed by atoms with Gasteiger partial charge in [-0.2, -0.15) is 0 Å². The molecule has 2 aromatic rings. The molecule has 0 atom stereocenters. The second-order valence-electron chi connectivity index (χ2n) is 5.90. The summed E-state index contributed by atoms with van der Waals surface area (Å²) in [7, 11) is 0. The first-order valence-corrected chi connectivity index (χ1v) is 8.02. The molecular formula is C19H20ClNO2. The van der Waals surface area contributed by atoms with Crippen LogP contribution in [0.3, 0.4) is 0 Å². The molecule has 3 rings (SSSR count). The van der Waals surface area contributed by atoms with Gasteiger partial charge in [-0.1, -0.05) is 29.3 Å². The maximum atomic E-state index is 6.33. The van der Waals surface area contributed by atoms with Crippen molar-refractivity contribution in [3.63, 3.8) is 0 Å². The Morgan fingerprint density at radius 3 is 2.74 bits per heavy atom. The summed E-state index contributed by atoms with van der Waals surface area (Å²) in [5, 5.41) is 0.724. The predicted molar refractivity (Wildman–Crippen MR) is 95.1 cm³/mol. The summed E-state index contributed by atoms with van der Waals surface area (Å²) in [6.07, 6.45) is 3.97. The van der Waals surface area contributed by atoms with E-state index < -0.39 is 0 Å². The van der Waals surface area contributed by atoms with Gasteiger partial charge in [0.1, 0.15) is 0 Å². The average Bonchev–Trinajstić information content (AvgIpc) is 2.95. The Morgan fingerprint density at radius 2 is 1.96 bits per heavy atom. The number of rotatable bonds is 4. The Bertz CT molecular complexity index is 768. The van der Waals surface area contributed by atoms with Gasteiger partial charge in [-0.15, -0.1) is 0 Å². The predicted octanol–water partition coefficient (Wildman–Crippen LogP) is 5.00. The van der Waals surface area contributed by atoms with E-state index >= 15 is 0 Å². The lowest BCUT2D eigenvalue weighted by molar-refractivity contribution is 0.174. The quantitative estimate of drug-likeness (QED) is 0.803. The van der Waals surface area contributed by atoms with Crippen LogP contribution in [0.5, 0.6) is 11.5 Å². The molecule has 1 aliphatic rings. The van der Waals surface area contributed by atoms with Gasteiger partial charge in [0.15, 0.2) is 11.5 Å². The molecule has 2 aromatic carbocycles. The highest BCUT2D eigenvalue weighted by molar-refractivity contribution is 6.31. The Labute approximate surface area is 141 Å². The molecule has 0 fully saturated rings. The van der Waals surface area contributed by atoms with Crippen molar-refractivity contribution < 1.29 is 9.47 Å². The van der Waals surface area contributed by atoms with Gasteiger partial charge in [0.2, 0.25) is 6.79 Å². The van der Waals surface area contributed by atoms with Crippen molar-refractivity contribution in [3.05, 3.63) is 57.6 Å². The van der Waals surface area contributed by atoms with Gasteiger partial charge in [0, 0.05) is 16.8 Å². The van der Waals surface area contributed by atoms with Crippen molar-refractivity contribution in [2.75, 3.05) is 12.5 Å². The highest BCUT2D eigenvalue weighted by atomic mass is 35.5. The van der Waals surface area contributed by atoms with Crippen molar-refractivity contribution in [2.24, 2.45) is 0 Å². The molecule has 0 saturated carbocycles. The highest BCUT2D eigenvalue weighted by Gasteiger charge is 2.16. The largest absolute Gasteiger partial charge is 0.454 e. The molecule has 0 saturated heterocycles. The zero-order valence-corrected chi connectivity index (χ0v) is 14.1. The number of halogens is 1. The van der Waals surface area contributed by atoms with Crippen molar-refractivity contribution in [3.8, 4) is 11.5 Å². The number of nitrogen functional groups attached to an aromatic ring is 1. The van der Waals surface area contributed by atoms with E-state index in [1.165, 1.54) is 16.7 Å². The molecule has 0 radical (unpaired) electrons. The Balaban J connectivity index is 1.73. The summed E-state index contributed by atoms with van der Waals surface area (Å²) in [5.41, 5.74) is 11.4. The van der Waals surface area contributed by atoms with Crippen LogP contribution in [-0.2, 0) is 6.42 Å². The van der Waals surface area contributed by atoms with E-state index in [-0.39, 0.29) is 6.79 Å². The fraction of sp³-hybridized carbons (Fsp3) is 0.263. The van der Waals surface area contributed by atoms with Gasteiger partial charge in [-0.3, -0.25) is 0 Å². The number of allylic oxidation sites excluding steroid dienone is 1. The van der Waals surface area contributed by atoms with Gasteiger partial charge in [-0.25, -0.2) is 0 Å². The Kier molecular flexibility index (Phi) is 4.49. The van der Waals surface area contributed by atoms with Crippen LogP contribution in [0.2, 0.25) is 5.02 Å². The summed E-state index contributed by atoms with van der Waals surface area (Å²) in [4.78, 5) is 0. The lowest BCUT2D eigenvalue weighted by Crippen LogP contribution is -1.93. The molecule has 3 nitrogen and oxygen atoms in total. The van der Waals surface area contributed by atoms with Crippen molar-refractivity contribution in [2.45, 2.75) is 26.7 Å². The Hall–Kier alpha value is -2.13. The minimum atomic E-state index is 0.267. The van der Waals surface area contributed by atoms with E-state index in [2.05, 4.69) is 19.9 Å². The van der Waals surface area contributed by atoms with E-state index in [4.69, 9.17) is 26.8 Å². The standard InChI is InChI=1S/C19H20ClNO2/c1-12(7-15-8-16(21)6-4-13(15)2)3-5-14-9-18-19(10-17(14)20)23-11-22-18/h4,6-10H,3,5,11,21H2,1-2H3/b12-7-. The zero-order valence-electron chi connectivity index (χ0n) is 13.4. The molecule has 0 aliphatic carbocycles. The number of benzene rings is 2. The molecule has 0 aromatic heterocycles. The molecule has 0 unspecified atom stereocenters. The van der Waals surface area contributed by atoms with Crippen molar-refractivity contribution in [1.82, 2.24) is 0 Å². The maximum Gasteiger partial charge on any atom is 0.231 e. The summed E-state index contributed by atoms with van der Waals surface area (Å²) >= 11 is 6.33. The zero-order chi connectivity index (χ0) is 16.4. The van der Waals surface area contributed by atoms with Gasteiger partial charge in [0.05, 0.1) is 0 Å². The van der Waals surface area contributed by atoms with E-state index in [9.17, 15) is 0 Å². The third kappa shape index (κ3) is 3.62. The van der Waals surface area contributed by atoms with Crippen LogP contribution in [0.15, 0.2) is 35.9 Å². The molecule has 23 heavy (non-hydrogen) atoms. The second-order valence-corrected chi connectivity index (χ2v) is 6.31. The summed E-state index contributed by atoms with van der Waals surface area (Å²) in [6, 6.07) is 9.79. The van der Waals surface area contributed by atoms with Crippen molar-refractivity contribution >= 4 is 23.4 Å². The minimum absolute atomic E-state index is 0.267. The monoisotopic (exact) mass is 329 g/mol. The van der Waals surface area contributed by atoms with Gasteiger partial charge in [-0.05, 0) is 61.6 Å². The first kappa shape index (κ1) is 15.8. The molecular weight excluding hydrogens is 310 g/mol. The SMILES string of the molecule is C/C(=C/c1cc(N)ccc1C)CCc1cc2c(cc1Cl)OCO2. The van der Waals surface area contributed by atoms with Crippen LogP contribution in [0.25, 0.3) is 6.08 Å². The van der Waals surface area contributed by atoms with E-state index in [0.717, 1.165) is 40.6 Å². The average molecular weight is 330 g/mol. The molecule has 0 bridgehead atoms. The molecule has 2 N–H and O–H groups in total. The fourth-order valence-electron chi connectivity index (χ4n) is 2.63. The number of hydrogen-bond acceptors (Lipinski definition) is 3. The van der Waals surface area contributed by atoms with Crippen LogP contribution >= 0.6 is 11.6 Å². The molecule has 0 spiro atoms. The molecule has 1 heterocycles. The number of hydrogen-bond donors (Lipinski definition) is 1. The fourth-order valence-corrected chi connectivity index (χ4v) is 2.88. The third-order valence-electron chi connectivity index (χ3n) is 4.04. The van der Waals surface area contributed by atoms with Crippen LogP contribution in [0.4, 0.5) is 5.69 Å². The molecule has 120 valence electrons. The molecule has 1 aliphatic heterocycles. The molecule has 4 heteroatoms. The van der Waals surface area contributed by atoms with E-state index in [1.807, 2.05) is 30.3 Å². The normalized spacial score (nSPS) is 13.4. The van der Waals surface area contributed by atoms with Gasteiger partial charge < -0.3 is 15.2 Å². The lowest BCUT2D eigenvalue weighted by Gasteiger charge is -2.08. The number of nitrogens with two attached hydrogens (primary N) is 1. The van der Waals surface area contributed by atoms with Crippen LogP contribution in [0, 0.1) is 6.92 Å². The van der Waals surface area contributed by atoms with E-state index in [1.54, 1.807) is 0 Å². The number of fused-ring (bicyclic) bond motifs is 1. The number of aryl methyl sites for hydroxylation is 2. The third-order valence-corrected chi connectivity index (χ3v) is 4.39. The summed E-state index contributed by atoms with van der Waals surface area (Å²) < 4.78 is 10.7. The highest BCUT2D eigenvalue weighted by Crippen LogP contribution is 2.37. The lowest BCUT2D eigenvalue weighted by atomic mass is 10.0. The first-order valence-electron chi connectivity index (χ1n) is 7.64. The minimum Gasteiger partial charge on any atom is -0.454 e. The van der Waals surface area contributed by atoms with Crippen LogP contribution in [-0.4, -0.2) is 6.79 Å². The van der Waals surface area contributed by atoms with Gasteiger partial charge >= 0.3 is 0 Å². The smallest absolute Gasteiger partial charge is 0.231 e. The van der Waals surface area contributed by atoms with Crippen LogP contribution < -0.4 is 15.2 Å². The second kappa shape index (κ2) is 6.55. The summed E-state index contributed by atoms with van der Waals surface area (Å²) in [5.74, 6) is 1.50. The van der Waals surface area contributed by atoms with Gasteiger partial charge in [0.25, 0.3) is 0 Å². The van der Waals surface area contributed by atoms with Crippen LogP contribution in [0.1, 0.15) is 30.0 Å². The van der Waals surface area contributed by atoms with Crippen molar-refractivity contribution in [1.29, 1.82) is 0 Å². The summed E-state index contributed by atoms with van der Waals surface area (Å²) in [6.45, 7) is 4.49. The first-order chi connectivity index (χ1) is 11.0. The Morgan fingerprint density at radius 1 is 1.22 bits per heavy atom. The maximum absolute atomic E-state index is 6.33. The topological polar surface area (TPSA) is 44.5 Å².